The molecule has 1 unspecified atom stereocenters. The van der Waals surface area contributed by atoms with Crippen LogP contribution >= 0.6 is 0 Å². The molecule has 0 heterocycles. The molecular formula is C68H124O6. The molecule has 6 nitrogen and oxygen atoms in total. The number of carbonyl (C=O) groups excluding carboxylic acids is 3. The highest BCUT2D eigenvalue weighted by atomic mass is 16.6. The van der Waals surface area contributed by atoms with Crippen molar-refractivity contribution in [1.29, 1.82) is 0 Å². The SMILES string of the molecule is CC/C=C\C/C=C\C/C=C\CCCCCCCCCC(=O)OC(COC(=O)CCCCCCCCCCCC)COC(=O)CCCCCCCCCCCCCCCCCCC/C=C\CCCCCCCCCC. The number of allylic oxidation sites excluding steroid dienone is 8. The summed E-state index contributed by atoms with van der Waals surface area (Å²) in [5, 5.41) is 0. The minimum atomic E-state index is -0.775. The number of hydrogen-bond acceptors (Lipinski definition) is 6. The maximum atomic E-state index is 12.9. The molecular weight excluding hydrogens is 913 g/mol. The molecule has 0 bridgehead atoms. The lowest BCUT2D eigenvalue weighted by atomic mass is 10.0. The van der Waals surface area contributed by atoms with Gasteiger partial charge in [0, 0.05) is 19.3 Å². The van der Waals surface area contributed by atoms with Gasteiger partial charge in [0.25, 0.3) is 0 Å². The van der Waals surface area contributed by atoms with Crippen molar-refractivity contribution < 1.29 is 28.6 Å². The van der Waals surface area contributed by atoms with Crippen LogP contribution in [-0.4, -0.2) is 37.2 Å². The van der Waals surface area contributed by atoms with E-state index in [1.54, 1.807) is 0 Å². The van der Waals surface area contributed by atoms with Crippen LogP contribution in [0, 0.1) is 0 Å². The zero-order valence-corrected chi connectivity index (χ0v) is 49.6. The van der Waals surface area contributed by atoms with Crippen molar-refractivity contribution in [2.24, 2.45) is 0 Å². The van der Waals surface area contributed by atoms with E-state index in [0.29, 0.717) is 19.3 Å². The second kappa shape index (κ2) is 62.9. The summed E-state index contributed by atoms with van der Waals surface area (Å²) in [6.07, 6.45) is 78.6. The first-order valence-corrected chi connectivity index (χ1v) is 32.6. The molecule has 0 aromatic carbocycles. The quantitative estimate of drug-likeness (QED) is 0.0261. The number of hydrogen-bond donors (Lipinski definition) is 0. The van der Waals surface area contributed by atoms with Crippen LogP contribution in [-0.2, 0) is 28.6 Å². The minimum absolute atomic E-state index is 0.0730. The van der Waals surface area contributed by atoms with Gasteiger partial charge >= 0.3 is 17.9 Å². The van der Waals surface area contributed by atoms with E-state index in [0.717, 1.165) is 83.5 Å². The van der Waals surface area contributed by atoms with Gasteiger partial charge in [0.05, 0.1) is 0 Å². The molecule has 0 amide bonds. The number of ether oxygens (including phenoxy) is 3. The number of carbonyl (C=O) groups is 3. The van der Waals surface area contributed by atoms with Crippen LogP contribution in [0.25, 0.3) is 0 Å². The Morgan fingerprint density at radius 2 is 0.527 bits per heavy atom. The summed E-state index contributed by atoms with van der Waals surface area (Å²) in [6, 6.07) is 0. The van der Waals surface area contributed by atoms with Gasteiger partial charge in [-0.2, -0.15) is 0 Å². The number of unbranched alkanes of at least 4 members (excludes halogenated alkanes) is 41. The molecule has 0 spiro atoms. The fraction of sp³-hybridized carbons (Fsp3) is 0.838. The molecule has 0 aliphatic rings. The topological polar surface area (TPSA) is 78.9 Å². The van der Waals surface area contributed by atoms with Crippen molar-refractivity contribution in [3.8, 4) is 0 Å². The maximum absolute atomic E-state index is 12.9. The minimum Gasteiger partial charge on any atom is -0.462 e. The highest BCUT2D eigenvalue weighted by Gasteiger charge is 2.19. The molecule has 0 N–H and O–H groups in total. The first-order valence-electron chi connectivity index (χ1n) is 32.6. The summed E-state index contributed by atoms with van der Waals surface area (Å²) in [7, 11) is 0. The Labute approximate surface area is 460 Å². The molecule has 0 rings (SSSR count). The van der Waals surface area contributed by atoms with Gasteiger partial charge in [0.2, 0.25) is 0 Å². The lowest BCUT2D eigenvalue weighted by molar-refractivity contribution is -0.167. The molecule has 0 aromatic heterocycles. The first-order chi connectivity index (χ1) is 36.5. The Morgan fingerprint density at radius 3 is 0.838 bits per heavy atom. The van der Waals surface area contributed by atoms with Crippen molar-refractivity contribution in [3.63, 3.8) is 0 Å². The summed E-state index contributed by atoms with van der Waals surface area (Å²) >= 11 is 0. The third kappa shape index (κ3) is 60.2. The molecule has 0 radical (unpaired) electrons. The lowest BCUT2D eigenvalue weighted by Gasteiger charge is -2.18. The third-order valence-corrected chi connectivity index (χ3v) is 14.6. The second-order valence-corrected chi connectivity index (χ2v) is 22.0. The van der Waals surface area contributed by atoms with E-state index in [2.05, 4.69) is 69.4 Å². The van der Waals surface area contributed by atoms with E-state index in [-0.39, 0.29) is 31.1 Å². The van der Waals surface area contributed by atoms with Gasteiger partial charge in [0.1, 0.15) is 13.2 Å². The van der Waals surface area contributed by atoms with Crippen LogP contribution in [0.3, 0.4) is 0 Å². The van der Waals surface area contributed by atoms with E-state index in [4.69, 9.17) is 14.2 Å². The van der Waals surface area contributed by atoms with E-state index in [9.17, 15) is 14.4 Å². The van der Waals surface area contributed by atoms with Crippen LogP contribution in [0.15, 0.2) is 48.6 Å². The van der Waals surface area contributed by atoms with Gasteiger partial charge in [0.15, 0.2) is 6.10 Å². The van der Waals surface area contributed by atoms with Gasteiger partial charge in [-0.05, 0) is 77.0 Å². The zero-order chi connectivity index (χ0) is 53.6. The van der Waals surface area contributed by atoms with E-state index < -0.39 is 6.10 Å². The van der Waals surface area contributed by atoms with Crippen molar-refractivity contribution in [2.75, 3.05) is 13.2 Å². The van der Waals surface area contributed by atoms with Crippen molar-refractivity contribution in [1.82, 2.24) is 0 Å². The summed E-state index contributed by atoms with van der Waals surface area (Å²) in [5.74, 6) is -0.865. The fourth-order valence-electron chi connectivity index (χ4n) is 9.69. The van der Waals surface area contributed by atoms with Crippen molar-refractivity contribution in [3.05, 3.63) is 48.6 Å². The van der Waals surface area contributed by atoms with Gasteiger partial charge in [-0.1, -0.05) is 301 Å². The van der Waals surface area contributed by atoms with Crippen molar-refractivity contribution in [2.45, 2.75) is 354 Å². The first kappa shape index (κ1) is 71.4. The molecule has 6 heteroatoms. The molecule has 432 valence electrons. The zero-order valence-electron chi connectivity index (χ0n) is 49.6. The molecule has 0 aliphatic heterocycles. The normalized spacial score (nSPS) is 12.3. The molecule has 0 aliphatic carbocycles. The Morgan fingerprint density at radius 1 is 0.284 bits per heavy atom. The van der Waals surface area contributed by atoms with Crippen molar-refractivity contribution >= 4 is 17.9 Å². The molecule has 0 aromatic rings. The summed E-state index contributed by atoms with van der Waals surface area (Å²) in [6.45, 7) is 6.56. The second-order valence-electron chi connectivity index (χ2n) is 22.0. The average molecular weight is 1040 g/mol. The van der Waals surface area contributed by atoms with Crippen LogP contribution in [0.1, 0.15) is 348 Å². The Bertz CT molecular complexity index is 1280. The summed E-state index contributed by atoms with van der Waals surface area (Å²) < 4.78 is 16.9. The average Bonchev–Trinajstić information content (AvgIpc) is 3.40. The van der Waals surface area contributed by atoms with E-state index >= 15 is 0 Å². The Kier molecular flexibility index (Phi) is 60.7. The monoisotopic (exact) mass is 1040 g/mol. The predicted molar refractivity (Wildman–Crippen MR) is 321 cm³/mol. The maximum Gasteiger partial charge on any atom is 0.306 e. The lowest BCUT2D eigenvalue weighted by Crippen LogP contribution is -2.30. The van der Waals surface area contributed by atoms with Gasteiger partial charge < -0.3 is 14.2 Å². The largest absolute Gasteiger partial charge is 0.462 e. The van der Waals surface area contributed by atoms with E-state index in [1.807, 2.05) is 0 Å². The van der Waals surface area contributed by atoms with Crippen LogP contribution < -0.4 is 0 Å². The summed E-state index contributed by atoms with van der Waals surface area (Å²) in [4.78, 5) is 38.2. The number of rotatable bonds is 60. The highest BCUT2D eigenvalue weighted by Crippen LogP contribution is 2.17. The molecule has 1 atom stereocenters. The predicted octanol–water partition coefficient (Wildman–Crippen LogP) is 22.2. The van der Waals surface area contributed by atoms with Crippen LogP contribution in [0.5, 0.6) is 0 Å². The van der Waals surface area contributed by atoms with Gasteiger partial charge in [-0.25, -0.2) is 0 Å². The van der Waals surface area contributed by atoms with Crippen LogP contribution in [0.2, 0.25) is 0 Å². The molecule has 74 heavy (non-hydrogen) atoms. The van der Waals surface area contributed by atoms with Gasteiger partial charge in [-0.3, -0.25) is 14.4 Å². The molecule has 0 saturated heterocycles. The molecule has 0 fully saturated rings. The van der Waals surface area contributed by atoms with Gasteiger partial charge in [-0.15, -0.1) is 0 Å². The van der Waals surface area contributed by atoms with E-state index in [1.165, 1.54) is 225 Å². The Hall–Kier alpha value is -2.63. The highest BCUT2D eigenvalue weighted by molar-refractivity contribution is 5.71. The molecule has 0 saturated carbocycles. The standard InChI is InChI=1S/C68H124O6/c1-4-7-10-13-16-19-22-24-26-28-29-30-31-32-33-34-35-36-37-38-39-41-42-44-46-49-52-55-58-61-67(70)73-64-65(63-72-66(69)60-57-54-51-48-21-18-15-12-9-6-3)74-68(71)62-59-56-53-50-47-45-43-40-27-25-23-20-17-14-11-8-5-2/h8,11,17,20,25,27-29,65H,4-7,9-10,12-16,18-19,21-24,26,30-64H2,1-3H3/b11-8-,20-17-,27-25-,29-28-. The number of esters is 3. The Balaban J connectivity index is 4.12. The summed E-state index contributed by atoms with van der Waals surface area (Å²) in [5.41, 5.74) is 0. The third-order valence-electron chi connectivity index (χ3n) is 14.6. The smallest absolute Gasteiger partial charge is 0.306 e. The van der Waals surface area contributed by atoms with Crippen LogP contribution in [0.4, 0.5) is 0 Å². The fourth-order valence-corrected chi connectivity index (χ4v) is 9.69.